The fraction of sp³-hybridized carbons (Fsp3) is 0.636. The highest BCUT2D eigenvalue weighted by Gasteiger charge is 2.58. The van der Waals surface area contributed by atoms with Crippen molar-refractivity contribution in [1.82, 2.24) is 9.97 Å². The summed E-state index contributed by atoms with van der Waals surface area (Å²) in [6.45, 7) is 2.66. The van der Waals surface area contributed by atoms with E-state index in [1.807, 2.05) is 0 Å². The lowest BCUT2D eigenvalue weighted by Gasteiger charge is -2.20. The summed E-state index contributed by atoms with van der Waals surface area (Å²) in [4.78, 5) is 12.9. The van der Waals surface area contributed by atoms with Crippen molar-refractivity contribution in [3.05, 3.63) is 11.5 Å². The van der Waals surface area contributed by atoms with Crippen molar-refractivity contribution in [2.75, 3.05) is 36.7 Å². The zero-order chi connectivity index (χ0) is 11.6. The Morgan fingerprint density at radius 3 is 2.94 bits per heavy atom. The lowest BCUT2D eigenvalue weighted by molar-refractivity contribution is 0.159. The Hall–Kier alpha value is -1.07. The van der Waals surface area contributed by atoms with Crippen molar-refractivity contribution >= 4 is 23.1 Å². The fourth-order valence-corrected chi connectivity index (χ4v) is 3.23. The molecule has 1 aromatic rings. The van der Waals surface area contributed by atoms with Gasteiger partial charge in [0.25, 0.3) is 0 Å². The molecule has 0 bridgehead atoms. The van der Waals surface area contributed by atoms with Crippen LogP contribution in [0.1, 0.15) is 0 Å². The highest BCUT2D eigenvalue weighted by Crippen LogP contribution is 2.51. The lowest BCUT2D eigenvalue weighted by Crippen LogP contribution is -2.33. The molecule has 0 aromatic carbocycles. The molecule has 1 unspecified atom stereocenters. The number of rotatable bonds is 1. The number of aromatic nitrogens is 2. The van der Waals surface area contributed by atoms with Crippen molar-refractivity contribution in [3.63, 3.8) is 0 Å². The molecule has 90 valence electrons. The molecule has 3 aliphatic rings. The molecule has 1 saturated heterocycles. The molecule has 1 aromatic heterocycles. The van der Waals surface area contributed by atoms with E-state index in [1.165, 1.54) is 0 Å². The largest absolute Gasteiger partial charge is 0.381 e. The van der Waals surface area contributed by atoms with Crippen LogP contribution in [0.2, 0.25) is 5.28 Å². The average molecular weight is 253 g/mol. The van der Waals surface area contributed by atoms with Gasteiger partial charge in [0.05, 0.1) is 31.8 Å². The Bertz CT molecular complexity index is 473. The smallest absolute Gasteiger partial charge is 0.224 e. The highest BCUT2D eigenvalue weighted by molar-refractivity contribution is 6.28. The van der Waals surface area contributed by atoms with Crippen LogP contribution >= 0.6 is 11.6 Å². The van der Waals surface area contributed by atoms with Crippen LogP contribution in [-0.2, 0) is 4.74 Å². The number of anilines is 2. The summed E-state index contributed by atoms with van der Waals surface area (Å²) in [6, 6.07) is 0.582. The molecular weight excluding hydrogens is 240 g/mol. The molecule has 0 amide bonds. The predicted octanol–water partition coefficient (Wildman–Crippen LogP) is 0.988. The van der Waals surface area contributed by atoms with E-state index < -0.39 is 0 Å². The number of halogens is 1. The van der Waals surface area contributed by atoms with Crippen LogP contribution in [-0.4, -0.2) is 42.9 Å². The van der Waals surface area contributed by atoms with Crippen LogP contribution in [0.4, 0.5) is 11.5 Å². The summed E-state index contributed by atoms with van der Waals surface area (Å²) >= 11 is 5.89. The zero-order valence-corrected chi connectivity index (χ0v) is 10.3. The summed E-state index contributed by atoms with van der Waals surface area (Å²) in [5.74, 6) is 2.35. The molecule has 0 spiro atoms. The van der Waals surface area contributed by atoms with Crippen molar-refractivity contribution in [2.24, 2.45) is 11.8 Å². The number of ether oxygens (including phenoxy) is 1. The van der Waals surface area contributed by atoms with Crippen LogP contribution in [0.15, 0.2) is 6.20 Å². The van der Waals surface area contributed by atoms with E-state index in [0.29, 0.717) is 23.2 Å². The number of nitrogens with zero attached hydrogens (tertiary/aromatic N) is 4. The Labute approximate surface area is 104 Å². The summed E-state index contributed by atoms with van der Waals surface area (Å²) in [7, 11) is 2.06. The minimum absolute atomic E-state index is 0.325. The van der Waals surface area contributed by atoms with E-state index in [1.54, 1.807) is 6.20 Å². The van der Waals surface area contributed by atoms with E-state index in [-0.39, 0.29) is 0 Å². The first kappa shape index (κ1) is 9.91. The molecule has 0 radical (unpaired) electrons. The average Bonchev–Trinajstić information content (AvgIpc) is 2.70. The van der Waals surface area contributed by atoms with Crippen LogP contribution in [0.25, 0.3) is 0 Å². The van der Waals surface area contributed by atoms with Gasteiger partial charge in [0, 0.05) is 24.9 Å². The summed E-state index contributed by atoms with van der Waals surface area (Å²) < 4.78 is 5.44. The van der Waals surface area contributed by atoms with E-state index in [4.69, 9.17) is 16.3 Å². The summed E-state index contributed by atoms with van der Waals surface area (Å²) in [5, 5.41) is 0.325. The molecule has 1 saturated carbocycles. The minimum atomic E-state index is 0.325. The van der Waals surface area contributed by atoms with Crippen molar-refractivity contribution < 1.29 is 4.74 Å². The van der Waals surface area contributed by atoms with Gasteiger partial charge in [-0.05, 0) is 11.6 Å². The molecule has 2 fully saturated rings. The monoisotopic (exact) mass is 252 g/mol. The molecular formula is C11H13ClN4O. The summed E-state index contributed by atoms with van der Waals surface area (Å²) in [5.41, 5.74) is 1.07. The first-order valence-electron chi connectivity index (χ1n) is 5.84. The molecule has 1 aliphatic carbocycles. The first-order valence-corrected chi connectivity index (χ1v) is 6.21. The van der Waals surface area contributed by atoms with Gasteiger partial charge >= 0.3 is 0 Å². The first-order chi connectivity index (χ1) is 8.25. The van der Waals surface area contributed by atoms with Gasteiger partial charge in [-0.3, -0.25) is 0 Å². The van der Waals surface area contributed by atoms with Gasteiger partial charge in [-0.2, -0.15) is 4.98 Å². The molecule has 3 heterocycles. The standard InChI is InChI=1S/C11H13ClN4O/c1-15-5-16(9-6-3-17-4-7(6)9)10-8(15)2-13-11(12)14-10/h2,6-7,9H,3-5H2,1H3/t6-,7+,9?. The van der Waals surface area contributed by atoms with Gasteiger partial charge in [0.15, 0.2) is 5.82 Å². The quantitative estimate of drug-likeness (QED) is 0.698. The molecule has 4 rings (SSSR count). The number of hydrogen-bond donors (Lipinski definition) is 0. The van der Waals surface area contributed by atoms with Crippen LogP contribution < -0.4 is 9.80 Å². The number of fused-ring (bicyclic) bond motifs is 2. The van der Waals surface area contributed by atoms with Gasteiger partial charge in [0.2, 0.25) is 5.28 Å². The minimum Gasteiger partial charge on any atom is -0.381 e. The van der Waals surface area contributed by atoms with Crippen molar-refractivity contribution in [1.29, 1.82) is 0 Å². The van der Waals surface area contributed by atoms with Crippen LogP contribution in [0.5, 0.6) is 0 Å². The Kier molecular flexibility index (Phi) is 1.89. The van der Waals surface area contributed by atoms with Gasteiger partial charge in [0.1, 0.15) is 0 Å². The van der Waals surface area contributed by atoms with E-state index in [2.05, 4.69) is 26.8 Å². The molecule has 6 heteroatoms. The van der Waals surface area contributed by atoms with Crippen molar-refractivity contribution in [3.8, 4) is 0 Å². The van der Waals surface area contributed by atoms with Crippen LogP contribution in [0, 0.1) is 11.8 Å². The SMILES string of the molecule is CN1CN(C2[C@H]3COC[C@@H]23)c2nc(Cl)ncc21. The molecule has 5 nitrogen and oxygen atoms in total. The second-order valence-corrected chi connectivity index (χ2v) is 5.35. The Balaban J connectivity index is 1.69. The Morgan fingerprint density at radius 1 is 1.41 bits per heavy atom. The maximum absolute atomic E-state index is 5.89. The molecule has 2 aliphatic heterocycles. The Morgan fingerprint density at radius 2 is 2.18 bits per heavy atom. The number of hydrogen-bond acceptors (Lipinski definition) is 5. The van der Waals surface area contributed by atoms with E-state index in [9.17, 15) is 0 Å². The molecule has 17 heavy (non-hydrogen) atoms. The molecule has 0 N–H and O–H groups in total. The lowest BCUT2D eigenvalue weighted by atomic mass is 10.4. The van der Waals surface area contributed by atoms with Gasteiger partial charge < -0.3 is 14.5 Å². The predicted molar refractivity (Wildman–Crippen MR) is 64.4 cm³/mol. The third kappa shape index (κ3) is 1.29. The second kappa shape index (κ2) is 3.23. The maximum atomic E-state index is 5.89. The van der Waals surface area contributed by atoms with Gasteiger partial charge in [-0.1, -0.05) is 0 Å². The highest BCUT2D eigenvalue weighted by atomic mass is 35.5. The van der Waals surface area contributed by atoms with E-state index in [0.717, 1.165) is 31.4 Å². The fourth-order valence-electron chi connectivity index (χ4n) is 3.11. The topological polar surface area (TPSA) is 41.5 Å². The van der Waals surface area contributed by atoms with Crippen molar-refractivity contribution in [2.45, 2.75) is 6.04 Å². The normalized spacial score (nSPS) is 33.9. The molecule has 3 atom stereocenters. The van der Waals surface area contributed by atoms with Gasteiger partial charge in [-0.25, -0.2) is 4.98 Å². The zero-order valence-electron chi connectivity index (χ0n) is 9.51. The third-order valence-electron chi connectivity index (χ3n) is 4.04. The van der Waals surface area contributed by atoms with E-state index >= 15 is 0 Å². The maximum Gasteiger partial charge on any atom is 0.224 e. The van der Waals surface area contributed by atoms with Crippen LogP contribution in [0.3, 0.4) is 0 Å². The van der Waals surface area contributed by atoms with Gasteiger partial charge in [-0.15, -0.1) is 0 Å². The second-order valence-electron chi connectivity index (χ2n) is 5.01. The third-order valence-corrected chi connectivity index (χ3v) is 4.22. The summed E-state index contributed by atoms with van der Waals surface area (Å²) in [6.07, 6.45) is 1.80.